The second-order valence-corrected chi connectivity index (χ2v) is 12.1. The molecular weight excluding hydrogens is 537 g/mol. The first kappa shape index (κ1) is 24.2. The van der Waals surface area contributed by atoms with E-state index in [9.17, 15) is 13.6 Å². The van der Waals surface area contributed by atoms with Gasteiger partial charge in [0.1, 0.15) is 5.82 Å². The molecule has 3 heterocycles. The standard InChI is InChI=1S/C25H31F2IN4O/c1-24(2,3)17-9-13-31(14-10-17)23(33)30-21-19(18-6-4-5-7-20(18)26)8-12-29-22(21)32-15-11-25(27,28)16-32/h4-8,12,17H,9-11,13-16H2,1-3H3,(H,30,33). The number of amides is 2. The lowest BCUT2D eigenvalue weighted by molar-refractivity contribution is 0.128. The Labute approximate surface area is 208 Å². The molecule has 33 heavy (non-hydrogen) atoms. The van der Waals surface area contributed by atoms with Crippen LogP contribution in [0, 0.1) is 17.2 Å². The monoisotopic (exact) mass is 568 g/mol. The SMILES string of the molecule is CC(C)(C)C1CCN(C(=O)Nc2c(-c3ccccc3F)ccnc2N2CCC(F)(I)C2)CC1. The zero-order valence-corrected chi connectivity index (χ0v) is 21.5. The average Bonchev–Trinajstić information content (AvgIpc) is 3.13. The van der Waals surface area contributed by atoms with Crippen LogP contribution in [0.1, 0.15) is 40.0 Å². The molecule has 2 aliphatic rings. The number of urea groups is 1. The summed E-state index contributed by atoms with van der Waals surface area (Å²) >= 11 is 1.82. The van der Waals surface area contributed by atoms with Crippen LogP contribution in [0.15, 0.2) is 36.5 Å². The largest absolute Gasteiger partial charge is 0.351 e. The molecule has 2 fully saturated rings. The van der Waals surface area contributed by atoms with Gasteiger partial charge in [0.2, 0.25) is 0 Å². The molecule has 1 unspecified atom stereocenters. The van der Waals surface area contributed by atoms with E-state index in [-0.39, 0.29) is 23.8 Å². The van der Waals surface area contributed by atoms with Gasteiger partial charge in [-0.1, -0.05) is 39.0 Å². The Hall–Kier alpha value is -1.97. The van der Waals surface area contributed by atoms with E-state index in [4.69, 9.17) is 0 Å². The average molecular weight is 568 g/mol. The second kappa shape index (κ2) is 9.35. The van der Waals surface area contributed by atoms with Crippen LogP contribution in [0.2, 0.25) is 0 Å². The van der Waals surface area contributed by atoms with Crippen molar-refractivity contribution in [3.05, 3.63) is 42.3 Å². The zero-order chi connectivity index (χ0) is 23.8. The fourth-order valence-corrected chi connectivity index (χ4v) is 5.42. The number of alkyl halides is 2. The minimum absolute atomic E-state index is 0.168. The number of halogens is 3. The molecule has 8 heteroatoms. The van der Waals surface area contributed by atoms with Gasteiger partial charge in [0.05, 0.1) is 12.2 Å². The van der Waals surface area contributed by atoms with Crippen molar-refractivity contribution in [2.75, 3.05) is 36.4 Å². The highest BCUT2D eigenvalue weighted by atomic mass is 127. The number of hydrogen-bond acceptors (Lipinski definition) is 3. The molecular formula is C25H31F2IN4O. The molecule has 5 nitrogen and oxygen atoms in total. The molecule has 2 amide bonds. The van der Waals surface area contributed by atoms with Crippen molar-refractivity contribution in [1.82, 2.24) is 9.88 Å². The van der Waals surface area contributed by atoms with Gasteiger partial charge in [0.25, 0.3) is 0 Å². The lowest BCUT2D eigenvalue weighted by Crippen LogP contribution is -2.43. The molecule has 0 radical (unpaired) electrons. The first-order chi connectivity index (χ1) is 15.5. The lowest BCUT2D eigenvalue weighted by Gasteiger charge is -2.38. The van der Waals surface area contributed by atoms with Crippen molar-refractivity contribution in [3.8, 4) is 11.1 Å². The fraction of sp³-hybridized carbons (Fsp3) is 0.520. The predicted octanol–water partition coefficient (Wildman–Crippen LogP) is 6.49. The minimum Gasteiger partial charge on any atom is -0.351 e. The van der Waals surface area contributed by atoms with Crippen molar-refractivity contribution < 1.29 is 13.6 Å². The van der Waals surface area contributed by atoms with Crippen LogP contribution < -0.4 is 10.2 Å². The topological polar surface area (TPSA) is 48.5 Å². The maximum atomic E-state index is 14.7. The lowest BCUT2D eigenvalue weighted by atomic mass is 9.75. The molecule has 1 aromatic heterocycles. The van der Waals surface area contributed by atoms with Gasteiger partial charge >= 0.3 is 6.03 Å². The van der Waals surface area contributed by atoms with Gasteiger partial charge in [-0.15, -0.1) is 0 Å². The van der Waals surface area contributed by atoms with Crippen LogP contribution in [-0.2, 0) is 0 Å². The summed E-state index contributed by atoms with van der Waals surface area (Å²) in [6.45, 7) is 8.71. The Morgan fingerprint density at radius 3 is 2.45 bits per heavy atom. The molecule has 0 aliphatic carbocycles. The molecule has 4 rings (SSSR count). The number of carbonyl (C=O) groups is 1. The van der Waals surface area contributed by atoms with Crippen LogP contribution in [0.25, 0.3) is 11.1 Å². The highest BCUT2D eigenvalue weighted by Crippen LogP contribution is 2.41. The van der Waals surface area contributed by atoms with Crippen LogP contribution in [0.5, 0.6) is 0 Å². The summed E-state index contributed by atoms with van der Waals surface area (Å²) in [5.74, 6) is 0.659. The summed E-state index contributed by atoms with van der Waals surface area (Å²) in [4.78, 5) is 21.4. The van der Waals surface area contributed by atoms with E-state index in [0.29, 0.717) is 54.6 Å². The Morgan fingerprint density at radius 2 is 1.85 bits per heavy atom. The number of nitrogens with zero attached hydrogens (tertiary/aromatic N) is 3. The van der Waals surface area contributed by atoms with E-state index in [1.54, 1.807) is 30.5 Å². The first-order valence-corrected chi connectivity index (χ1v) is 12.6. The molecule has 2 aromatic rings. The highest BCUT2D eigenvalue weighted by Gasteiger charge is 2.38. The van der Waals surface area contributed by atoms with E-state index < -0.39 is 3.68 Å². The van der Waals surface area contributed by atoms with E-state index in [0.717, 1.165) is 12.8 Å². The quantitative estimate of drug-likeness (QED) is 0.340. The fourth-order valence-electron chi connectivity index (χ4n) is 4.77. The second-order valence-electron chi connectivity index (χ2n) is 10.1. The zero-order valence-electron chi connectivity index (χ0n) is 19.4. The maximum Gasteiger partial charge on any atom is 0.321 e. The van der Waals surface area contributed by atoms with Crippen molar-refractivity contribution in [1.29, 1.82) is 0 Å². The number of piperidine rings is 1. The van der Waals surface area contributed by atoms with Gasteiger partial charge in [-0.05, 0) is 58.9 Å². The van der Waals surface area contributed by atoms with Crippen LogP contribution in [-0.4, -0.2) is 45.8 Å². The summed E-state index contributed by atoms with van der Waals surface area (Å²) in [5, 5.41) is 3.02. The Kier molecular flexibility index (Phi) is 6.85. The molecule has 0 spiro atoms. The van der Waals surface area contributed by atoms with Crippen LogP contribution in [0.3, 0.4) is 0 Å². The van der Waals surface area contributed by atoms with Gasteiger partial charge in [-0.2, -0.15) is 0 Å². The molecule has 0 bridgehead atoms. The van der Waals surface area contributed by atoms with E-state index in [1.807, 2.05) is 32.4 Å². The summed E-state index contributed by atoms with van der Waals surface area (Å²) < 4.78 is 28.0. The molecule has 1 N–H and O–H groups in total. The van der Waals surface area contributed by atoms with Crippen molar-refractivity contribution in [2.24, 2.45) is 11.3 Å². The van der Waals surface area contributed by atoms with Gasteiger partial charge in [-0.3, -0.25) is 0 Å². The molecule has 0 saturated carbocycles. The molecule has 1 atom stereocenters. The summed E-state index contributed by atoms with van der Waals surface area (Å²) in [5.41, 5.74) is 1.56. The summed E-state index contributed by atoms with van der Waals surface area (Å²) in [7, 11) is 0. The third-order valence-electron chi connectivity index (χ3n) is 6.80. The number of pyridine rings is 1. The number of benzene rings is 1. The third-order valence-corrected chi connectivity index (χ3v) is 7.68. The first-order valence-electron chi connectivity index (χ1n) is 11.5. The van der Waals surface area contributed by atoms with E-state index in [1.165, 1.54) is 6.07 Å². The molecule has 2 aliphatic heterocycles. The maximum absolute atomic E-state index is 14.7. The van der Waals surface area contributed by atoms with Crippen molar-refractivity contribution in [3.63, 3.8) is 0 Å². The van der Waals surface area contributed by atoms with Gasteiger partial charge < -0.3 is 15.1 Å². The molecule has 1 aromatic carbocycles. The molecule has 178 valence electrons. The van der Waals surface area contributed by atoms with E-state index >= 15 is 0 Å². The van der Waals surface area contributed by atoms with Crippen molar-refractivity contribution in [2.45, 2.75) is 43.7 Å². The summed E-state index contributed by atoms with van der Waals surface area (Å²) in [6.07, 6.45) is 3.85. The minimum atomic E-state index is -1.36. The van der Waals surface area contributed by atoms with Gasteiger partial charge in [0, 0.05) is 43.4 Å². The normalized spacial score (nSPS) is 22.0. The predicted molar refractivity (Wildman–Crippen MR) is 137 cm³/mol. The van der Waals surface area contributed by atoms with Gasteiger partial charge in [-0.25, -0.2) is 18.6 Å². The summed E-state index contributed by atoms with van der Waals surface area (Å²) in [6, 6.07) is 7.94. The number of rotatable bonds is 3. The number of carbonyl (C=O) groups excluding carboxylic acids is 1. The Balaban J connectivity index is 1.64. The van der Waals surface area contributed by atoms with E-state index in [2.05, 4.69) is 31.1 Å². The van der Waals surface area contributed by atoms with Crippen LogP contribution in [0.4, 0.5) is 25.1 Å². The smallest absolute Gasteiger partial charge is 0.321 e. The highest BCUT2D eigenvalue weighted by molar-refractivity contribution is 14.1. The van der Waals surface area contributed by atoms with Gasteiger partial charge in [0.15, 0.2) is 9.49 Å². The number of hydrogen-bond donors (Lipinski definition) is 1. The third kappa shape index (κ3) is 5.41. The Morgan fingerprint density at radius 1 is 1.15 bits per heavy atom. The number of likely N-dealkylation sites (tertiary alicyclic amines) is 1. The Bertz CT molecular complexity index is 1020. The number of anilines is 2. The van der Waals surface area contributed by atoms with Crippen LogP contribution >= 0.6 is 22.6 Å². The van der Waals surface area contributed by atoms with Crippen molar-refractivity contribution >= 4 is 40.1 Å². The molecule has 2 saturated heterocycles. The number of aromatic nitrogens is 1. The number of nitrogens with one attached hydrogen (secondary N) is 1.